The van der Waals surface area contributed by atoms with Gasteiger partial charge in [0.2, 0.25) is 13.5 Å². The second-order valence-corrected chi connectivity index (χ2v) is 11.6. The summed E-state index contributed by atoms with van der Waals surface area (Å²) in [5.41, 5.74) is 0.951. The Morgan fingerprint density at radius 3 is 2.25 bits per heavy atom. The maximum Gasteiger partial charge on any atom is 0.404 e. The van der Waals surface area contributed by atoms with Crippen LogP contribution in [0.15, 0.2) is 41.6 Å². The topological polar surface area (TPSA) is 57.6 Å². The van der Waals surface area contributed by atoms with Crippen LogP contribution >= 0.6 is 0 Å². The van der Waals surface area contributed by atoms with E-state index in [9.17, 15) is 10.5 Å². The Bertz CT molecular complexity index is 525. The predicted molar refractivity (Wildman–Crippen MR) is 83.2 cm³/mol. The van der Waals surface area contributed by atoms with Crippen molar-refractivity contribution in [2.75, 3.05) is 0 Å². The van der Waals surface area contributed by atoms with Gasteiger partial charge in [-0.05, 0) is 10.6 Å². The molecule has 0 aliphatic carbocycles. The lowest BCUT2D eigenvalue weighted by Gasteiger charge is -2.30. The van der Waals surface area contributed by atoms with Crippen LogP contribution in [-0.4, -0.2) is 13.2 Å². The third-order valence-electron chi connectivity index (χ3n) is 3.99. The third kappa shape index (κ3) is 3.61. The van der Waals surface area contributed by atoms with Crippen LogP contribution in [0.25, 0.3) is 4.98 Å². The van der Waals surface area contributed by atoms with E-state index in [2.05, 4.69) is 25.7 Å². The van der Waals surface area contributed by atoms with Gasteiger partial charge in [-0.15, -0.1) is 0 Å². The van der Waals surface area contributed by atoms with E-state index in [-0.39, 0.29) is 17.6 Å². The third-order valence-corrected chi connectivity index (χ3v) is 9.24. The van der Waals surface area contributed by atoms with Crippen LogP contribution in [0.5, 0.6) is 0 Å². The van der Waals surface area contributed by atoms with Crippen molar-refractivity contribution in [3.05, 3.63) is 52.1 Å². The molecule has 5 heteroatoms. The van der Waals surface area contributed by atoms with E-state index >= 15 is 0 Å². The number of benzene rings is 1. The average Bonchev–Trinajstić information content (AvgIpc) is 2.37. The standard InChI is InChI=1S/C15H22N2O2Si/c1-15(2,3)20(4,5)13(17-16)14(18)19-11-12-9-7-6-8-10-12/h6-10H,11H2,1-5H3/p+1/b14-13+. The van der Waals surface area contributed by atoms with E-state index in [0.29, 0.717) is 5.32 Å². The van der Waals surface area contributed by atoms with Crippen LogP contribution in [0.2, 0.25) is 18.1 Å². The Balaban J connectivity index is 2.95. The highest BCUT2D eigenvalue weighted by Gasteiger charge is 2.51. The van der Waals surface area contributed by atoms with Gasteiger partial charge in [0.25, 0.3) is 0 Å². The van der Waals surface area contributed by atoms with Crippen LogP contribution in [0.4, 0.5) is 0 Å². The number of nitrogens with zero attached hydrogens (tertiary/aromatic N) is 2. The number of aliphatic hydroxyl groups excluding tert-OH is 1. The molecule has 0 spiro atoms. The van der Waals surface area contributed by atoms with E-state index < -0.39 is 8.07 Å². The highest BCUT2D eigenvalue weighted by atomic mass is 28.3. The summed E-state index contributed by atoms with van der Waals surface area (Å²) in [6, 6.07) is 9.56. The molecule has 20 heavy (non-hydrogen) atoms. The molecule has 0 saturated carbocycles. The molecular formula is C15H23N2O2Si+. The van der Waals surface area contributed by atoms with Gasteiger partial charge in [0.05, 0.1) is 0 Å². The molecule has 1 N–H and O–H groups in total. The van der Waals surface area contributed by atoms with Crippen molar-refractivity contribution in [1.29, 1.82) is 5.39 Å². The van der Waals surface area contributed by atoms with Gasteiger partial charge < -0.3 is 9.84 Å². The molecule has 0 unspecified atom stereocenters. The minimum absolute atomic E-state index is 0.0569. The van der Waals surface area contributed by atoms with Gasteiger partial charge in [0.1, 0.15) is 6.61 Å². The smallest absolute Gasteiger partial charge is 0.404 e. The van der Waals surface area contributed by atoms with Crippen molar-refractivity contribution in [1.82, 2.24) is 0 Å². The Hall–Kier alpha value is -1.80. The second kappa shape index (κ2) is 6.10. The number of rotatable bonds is 4. The molecule has 0 aromatic heterocycles. The quantitative estimate of drug-likeness (QED) is 0.491. The zero-order chi connectivity index (χ0) is 15.4. The minimum atomic E-state index is -2.15. The molecule has 1 aromatic carbocycles. The largest absolute Gasteiger partial charge is 0.476 e. The molecular weight excluding hydrogens is 268 g/mol. The Morgan fingerprint density at radius 1 is 1.25 bits per heavy atom. The summed E-state index contributed by atoms with van der Waals surface area (Å²) in [6.45, 7) is 10.6. The lowest BCUT2D eigenvalue weighted by atomic mass is 10.2. The highest BCUT2D eigenvalue weighted by molar-refractivity contribution is 6.87. The molecule has 0 bridgehead atoms. The molecule has 0 heterocycles. The molecule has 4 nitrogen and oxygen atoms in total. The van der Waals surface area contributed by atoms with Gasteiger partial charge in [-0.3, -0.25) is 0 Å². The zero-order valence-electron chi connectivity index (χ0n) is 12.8. The summed E-state index contributed by atoms with van der Waals surface area (Å²) in [7, 11) is -2.15. The lowest BCUT2D eigenvalue weighted by molar-refractivity contribution is 0.0810. The van der Waals surface area contributed by atoms with Crippen LogP contribution in [0.1, 0.15) is 26.3 Å². The van der Waals surface area contributed by atoms with Crippen LogP contribution in [0.3, 0.4) is 0 Å². The van der Waals surface area contributed by atoms with E-state index in [4.69, 9.17) is 4.74 Å². The Morgan fingerprint density at radius 2 is 1.80 bits per heavy atom. The predicted octanol–water partition coefficient (Wildman–Crippen LogP) is 4.83. The van der Waals surface area contributed by atoms with E-state index in [1.54, 1.807) is 0 Å². The van der Waals surface area contributed by atoms with Gasteiger partial charge in [0.15, 0.2) is 4.98 Å². The first kappa shape index (κ1) is 16.3. The number of diazo groups is 1. The molecule has 0 radical (unpaired) electrons. The van der Waals surface area contributed by atoms with Crippen molar-refractivity contribution in [2.24, 2.45) is 0 Å². The fourth-order valence-electron chi connectivity index (χ4n) is 1.58. The molecule has 108 valence electrons. The molecule has 0 aliphatic rings. The van der Waals surface area contributed by atoms with E-state index in [1.807, 2.05) is 43.4 Å². The SMILES string of the molecule is CC(C)(C)[Si](C)(C)/C([N+]#N)=C(\O)OCc1ccccc1. The normalized spacial score (nSPS) is 13.4. The van der Waals surface area contributed by atoms with Gasteiger partial charge in [-0.2, -0.15) is 0 Å². The van der Waals surface area contributed by atoms with E-state index in [0.717, 1.165) is 5.56 Å². The number of hydrogen-bond acceptors (Lipinski definition) is 3. The lowest BCUT2D eigenvalue weighted by Crippen LogP contribution is -2.39. The summed E-state index contributed by atoms with van der Waals surface area (Å²) < 4.78 is 5.38. The maximum absolute atomic E-state index is 10.1. The monoisotopic (exact) mass is 291 g/mol. The zero-order valence-corrected chi connectivity index (χ0v) is 13.8. The number of ether oxygens (including phenoxy) is 1. The van der Waals surface area contributed by atoms with Gasteiger partial charge in [-0.1, -0.05) is 64.2 Å². The van der Waals surface area contributed by atoms with Crippen LogP contribution in [-0.2, 0) is 11.3 Å². The second-order valence-electron chi connectivity index (χ2n) is 6.40. The minimum Gasteiger partial charge on any atom is -0.476 e. The average molecular weight is 291 g/mol. The number of hydrogen-bond donors (Lipinski definition) is 1. The van der Waals surface area contributed by atoms with Crippen molar-refractivity contribution < 1.29 is 9.84 Å². The fraction of sp³-hybridized carbons (Fsp3) is 0.467. The molecule has 0 fully saturated rings. The number of aliphatic hydroxyl groups is 1. The fourth-order valence-corrected chi connectivity index (χ4v) is 3.15. The van der Waals surface area contributed by atoms with Crippen molar-refractivity contribution >= 4 is 8.07 Å². The summed E-state index contributed by atoms with van der Waals surface area (Å²) in [5, 5.41) is 19.6. The highest BCUT2D eigenvalue weighted by Crippen LogP contribution is 2.41. The van der Waals surface area contributed by atoms with E-state index in [1.165, 1.54) is 0 Å². The molecule has 0 amide bonds. The maximum atomic E-state index is 10.1. The molecule has 1 rings (SSSR count). The first-order valence-electron chi connectivity index (χ1n) is 6.65. The Kier molecular flexibility index (Phi) is 4.96. The molecule has 0 aliphatic heterocycles. The van der Waals surface area contributed by atoms with Gasteiger partial charge in [0, 0.05) is 0 Å². The Labute approximate surface area is 121 Å². The molecule has 0 saturated heterocycles. The van der Waals surface area contributed by atoms with Crippen LogP contribution in [0, 0.1) is 5.39 Å². The van der Waals surface area contributed by atoms with Crippen molar-refractivity contribution in [3.8, 4) is 0 Å². The molecule has 1 aromatic rings. The van der Waals surface area contributed by atoms with Crippen LogP contribution < -0.4 is 0 Å². The summed E-state index contributed by atoms with van der Waals surface area (Å²) in [6.07, 6.45) is 0. The van der Waals surface area contributed by atoms with Crippen molar-refractivity contribution in [3.63, 3.8) is 0 Å². The first-order chi connectivity index (χ1) is 9.20. The summed E-state index contributed by atoms with van der Waals surface area (Å²) in [4.78, 5) is 3.30. The van der Waals surface area contributed by atoms with Crippen molar-refractivity contribution in [2.45, 2.75) is 45.5 Å². The summed E-state index contributed by atoms with van der Waals surface area (Å²) in [5.74, 6) is -0.275. The van der Waals surface area contributed by atoms with Gasteiger partial charge in [-0.25, -0.2) is 0 Å². The first-order valence-corrected chi connectivity index (χ1v) is 9.65. The molecule has 0 atom stereocenters. The van der Waals surface area contributed by atoms with Gasteiger partial charge >= 0.3 is 11.3 Å². The summed E-state index contributed by atoms with van der Waals surface area (Å²) >= 11 is 0.